The molecule has 0 aromatic carbocycles. The first-order chi connectivity index (χ1) is 7.97. The number of esters is 1. The highest BCUT2D eigenvalue weighted by molar-refractivity contribution is 7.90. The van der Waals surface area contributed by atoms with E-state index >= 15 is 0 Å². The molecule has 1 rings (SSSR count). The van der Waals surface area contributed by atoms with Crippen LogP contribution in [0.25, 0.3) is 4.91 Å². The highest BCUT2D eigenvalue weighted by atomic mass is 32.1. The predicted octanol–water partition coefficient (Wildman–Crippen LogP) is 2.27. The zero-order chi connectivity index (χ0) is 13.0. The van der Waals surface area contributed by atoms with Crippen LogP contribution in [0.2, 0.25) is 0 Å². The van der Waals surface area contributed by atoms with Crippen molar-refractivity contribution in [1.29, 1.82) is 0 Å². The Labute approximate surface area is 110 Å². The average molecular weight is 272 g/mol. The van der Waals surface area contributed by atoms with Crippen molar-refractivity contribution >= 4 is 34.8 Å². The molecule has 0 fully saturated rings. The maximum absolute atomic E-state index is 11.8. The quantitative estimate of drug-likeness (QED) is 0.382. The molecule has 0 aliphatic carbocycles. The summed E-state index contributed by atoms with van der Waals surface area (Å²) >= 11 is 5.83. The molecule has 1 aromatic heterocycles. The Kier molecular flexibility index (Phi) is 5.04. The lowest BCUT2D eigenvalue weighted by molar-refractivity contribution is 0.0526. The number of aryl methyl sites for hydroxylation is 1. The van der Waals surface area contributed by atoms with Crippen molar-refractivity contribution < 1.29 is 9.53 Å². The van der Waals surface area contributed by atoms with Gasteiger partial charge in [0.25, 0.3) is 0 Å². The number of thiol groups is 1. The Morgan fingerprint density at radius 2 is 2.35 bits per heavy atom. The topological polar surface area (TPSA) is 55.6 Å². The van der Waals surface area contributed by atoms with Gasteiger partial charge in [-0.3, -0.25) is 0 Å². The van der Waals surface area contributed by atoms with Crippen LogP contribution in [0, 0.1) is 6.92 Å². The van der Waals surface area contributed by atoms with E-state index in [1.807, 2.05) is 12.3 Å². The predicted molar refractivity (Wildman–Crippen MR) is 73.9 cm³/mol. The molecule has 0 aliphatic heterocycles. The molecular formula is C11H16N2O2S2. The second-order valence-corrected chi connectivity index (χ2v) is 5.05. The number of nitrogens with zero attached hydrogens (tertiary/aromatic N) is 1. The van der Waals surface area contributed by atoms with Gasteiger partial charge in [-0.05, 0) is 13.8 Å². The zero-order valence-corrected chi connectivity index (χ0v) is 11.8. The molecule has 0 saturated heterocycles. The first-order valence-electron chi connectivity index (χ1n) is 5.11. The van der Waals surface area contributed by atoms with Gasteiger partial charge in [0.05, 0.1) is 12.2 Å². The Morgan fingerprint density at radius 1 is 1.71 bits per heavy atom. The first-order valence-corrected chi connectivity index (χ1v) is 6.44. The highest BCUT2D eigenvalue weighted by Gasteiger charge is 2.19. The molecule has 0 bridgehead atoms. The monoisotopic (exact) mass is 272 g/mol. The van der Waals surface area contributed by atoms with Gasteiger partial charge >= 0.3 is 5.97 Å². The third kappa shape index (κ3) is 3.49. The summed E-state index contributed by atoms with van der Waals surface area (Å²) in [4.78, 5) is 13.4. The fraction of sp³-hybridized carbons (Fsp3) is 0.364. The van der Waals surface area contributed by atoms with Gasteiger partial charge in [0.1, 0.15) is 0 Å². The molecule has 0 atom stereocenters. The van der Waals surface area contributed by atoms with Crippen molar-refractivity contribution in [3.05, 3.63) is 27.6 Å². The summed E-state index contributed by atoms with van der Waals surface area (Å²) in [5.74, 6) is 5.20. The van der Waals surface area contributed by atoms with Crippen molar-refractivity contribution in [3.8, 4) is 0 Å². The summed E-state index contributed by atoms with van der Waals surface area (Å²) in [5, 5.41) is 3.27. The molecule has 4 nitrogen and oxygen atoms in total. The molecule has 6 heteroatoms. The van der Waals surface area contributed by atoms with Crippen LogP contribution < -0.4 is 5.84 Å². The van der Waals surface area contributed by atoms with Crippen LogP contribution in [0.3, 0.4) is 0 Å². The summed E-state index contributed by atoms with van der Waals surface area (Å²) in [6.07, 6.45) is 1.65. The Morgan fingerprint density at radius 3 is 2.88 bits per heavy atom. The fourth-order valence-corrected chi connectivity index (χ4v) is 2.66. The second kappa shape index (κ2) is 6.09. The number of hydrogen-bond donors (Lipinski definition) is 2. The van der Waals surface area contributed by atoms with E-state index in [-0.39, 0.29) is 5.97 Å². The molecule has 0 amide bonds. The molecular weight excluding hydrogens is 256 g/mol. The molecule has 94 valence electrons. The number of hydrogen-bond acceptors (Lipinski definition) is 6. The summed E-state index contributed by atoms with van der Waals surface area (Å²) in [6.45, 7) is 4.02. The Hall–Kier alpha value is -0.980. The SMILES string of the molecule is CCOC(=O)c1c(/C(S)=C/N(C)N)csc1C. The van der Waals surface area contributed by atoms with Crippen LogP contribution in [-0.2, 0) is 4.74 Å². The van der Waals surface area contributed by atoms with Gasteiger partial charge in [0.2, 0.25) is 0 Å². The smallest absolute Gasteiger partial charge is 0.339 e. The van der Waals surface area contributed by atoms with Crippen molar-refractivity contribution in [2.24, 2.45) is 5.84 Å². The lowest BCUT2D eigenvalue weighted by Gasteiger charge is -2.08. The van der Waals surface area contributed by atoms with Gasteiger partial charge in [-0.2, -0.15) is 0 Å². The number of thiophene rings is 1. The van der Waals surface area contributed by atoms with Crippen molar-refractivity contribution in [3.63, 3.8) is 0 Å². The number of carbonyl (C=O) groups is 1. The van der Waals surface area contributed by atoms with Gasteiger partial charge in [0, 0.05) is 34.0 Å². The lowest BCUT2D eigenvalue weighted by Crippen LogP contribution is -2.19. The minimum Gasteiger partial charge on any atom is -0.462 e. The summed E-state index contributed by atoms with van der Waals surface area (Å²) < 4.78 is 5.02. The summed E-state index contributed by atoms with van der Waals surface area (Å²) in [7, 11) is 1.69. The Balaban J connectivity index is 3.14. The van der Waals surface area contributed by atoms with Crippen LogP contribution in [-0.4, -0.2) is 24.6 Å². The maximum Gasteiger partial charge on any atom is 0.339 e. The minimum absolute atomic E-state index is 0.319. The number of hydrazine groups is 1. The standard InChI is InChI=1S/C11H16N2O2S2/c1-4-15-11(14)10-7(2)17-6-8(10)9(16)5-13(3)12/h5-6,16H,4,12H2,1-3H3/b9-5-. The van der Waals surface area contributed by atoms with Crippen molar-refractivity contribution in [2.45, 2.75) is 13.8 Å². The third-order valence-corrected chi connectivity index (χ3v) is 3.32. The Bertz CT molecular complexity index is 439. The molecule has 0 spiro atoms. The maximum atomic E-state index is 11.8. The van der Waals surface area contributed by atoms with E-state index in [0.717, 1.165) is 10.4 Å². The van der Waals surface area contributed by atoms with Gasteiger partial charge in [-0.25, -0.2) is 10.6 Å². The molecule has 1 aromatic rings. The van der Waals surface area contributed by atoms with Crippen LogP contribution in [0.5, 0.6) is 0 Å². The van der Waals surface area contributed by atoms with Gasteiger partial charge in [-0.15, -0.1) is 24.0 Å². The van der Waals surface area contributed by atoms with E-state index in [9.17, 15) is 4.79 Å². The number of rotatable bonds is 4. The molecule has 0 radical (unpaired) electrons. The molecule has 2 N–H and O–H groups in total. The number of nitrogens with two attached hydrogens (primary N) is 1. The van der Waals surface area contributed by atoms with Gasteiger partial charge in [-0.1, -0.05) is 0 Å². The van der Waals surface area contributed by atoms with Crippen LogP contribution >= 0.6 is 24.0 Å². The van der Waals surface area contributed by atoms with E-state index in [1.165, 1.54) is 16.3 Å². The van der Waals surface area contributed by atoms with Crippen LogP contribution in [0.4, 0.5) is 0 Å². The van der Waals surface area contributed by atoms with E-state index < -0.39 is 0 Å². The molecule has 17 heavy (non-hydrogen) atoms. The van der Waals surface area contributed by atoms with Crippen molar-refractivity contribution in [2.75, 3.05) is 13.7 Å². The largest absolute Gasteiger partial charge is 0.462 e. The average Bonchev–Trinajstić information content (AvgIpc) is 2.59. The van der Waals surface area contributed by atoms with Crippen molar-refractivity contribution in [1.82, 2.24) is 5.01 Å². The van der Waals surface area contributed by atoms with Gasteiger partial charge < -0.3 is 9.75 Å². The van der Waals surface area contributed by atoms with E-state index in [4.69, 9.17) is 10.6 Å². The second-order valence-electron chi connectivity index (χ2n) is 3.48. The molecule has 1 heterocycles. The molecule has 0 aliphatic rings. The minimum atomic E-state index is -0.319. The molecule has 0 unspecified atom stereocenters. The lowest BCUT2D eigenvalue weighted by atomic mass is 10.1. The first kappa shape index (κ1) is 14.1. The van der Waals surface area contributed by atoms with Gasteiger partial charge in [0.15, 0.2) is 0 Å². The zero-order valence-electron chi connectivity index (χ0n) is 10.1. The number of ether oxygens (including phenoxy) is 1. The van der Waals surface area contributed by atoms with E-state index in [0.29, 0.717) is 17.1 Å². The molecule has 0 saturated carbocycles. The van der Waals surface area contributed by atoms with Crippen LogP contribution in [0.1, 0.15) is 27.7 Å². The third-order valence-electron chi connectivity index (χ3n) is 2.06. The van der Waals surface area contributed by atoms with E-state index in [2.05, 4.69) is 12.6 Å². The van der Waals surface area contributed by atoms with Crippen LogP contribution in [0.15, 0.2) is 11.6 Å². The normalized spacial score (nSPS) is 11.5. The summed E-state index contributed by atoms with van der Waals surface area (Å²) in [5.41, 5.74) is 1.33. The fourth-order valence-electron chi connectivity index (χ4n) is 1.36. The number of carbonyl (C=O) groups excluding carboxylic acids is 1. The summed E-state index contributed by atoms with van der Waals surface area (Å²) in [6, 6.07) is 0. The highest BCUT2D eigenvalue weighted by Crippen LogP contribution is 2.30. The van der Waals surface area contributed by atoms with E-state index in [1.54, 1.807) is 20.2 Å².